The molecule has 124 valence electrons. The van der Waals surface area contributed by atoms with Gasteiger partial charge in [0.05, 0.1) is 12.1 Å². The maximum absolute atomic E-state index is 12.0. The van der Waals surface area contributed by atoms with Gasteiger partial charge in [-0.2, -0.15) is 5.26 Å². The number of carbonyl (C=O) groups is 1. The van der Waals surface area contributed by atoms with Gasteiger partial charge in [0.25, 0.3) is 0 Å². The fourth-order valence-electron chi connectivity index (χ4n) is 2.75. The van der Waals surface area contributed by atoms with Crippen LogP contribution in [-0.2, 0) is 4.79 Å². The molecule has 0 aromatic carbocycles. The van der Waals surface area contributed by atoms with E-state index in [1.54, 1.807) is 24.5 Å². The third-order valence-corrected chi connectivity index (χ3v) is 4.59. The van der Waals surface area contributed by atoms with Crippen LogP contribution in [0.5, 0.6) is 0 Å². The molecule has 3 rings (SSSR count). The van der Waals surface area contributed by atoms with Gasteiger partial charge in [0.15, 0.2) is 5.13 Å². The van der Waals surface area contributed by atoms with E-state index in [4.69, 9.17) is 5.26 Å². The average Bonchev–Trinajstić information content (AvgIpc) is 3.25. The van der Waals surface area contributed by atoms with E-state index in [0.29, 0.717) is 29.0 Å². The molecule has 3 heterocycles. The number of carbonyl (C=O) groups excluding carboxylic acids is 1. The Morgan fingerprint density at radius 3 is 3.17 bits per heavy atom. The van der Waals surface area contributed by atoms with Gasteiger partial charge in [-0.15, -0.1) is 11.3 Å². The highest BCUT2D eigenvalue weighted by atomic mass is 32.1. The Hall–Kier alpha value is -2.50. The van der Waals surface area contributed by atoms with Gasteiger partial charge in [-0.05, 0) is 31.0 Å². The summed E-state index contributed by atoms with van der Waals surface area (Å²) in [5, 5.41) is 17.6. The highest BCUT2D eigenvalue weighted by Crippen LogP contribution is 2.18. The summed E-state index contributed by atoms with van der Waals surface area (Å²) in [4.78, 5) is 22.4. The van der Waals surface area contributed by atoms with Crippen LogP contribution in [0.2, 0.25) is 0 Å². The molecule has 2 aromatic rings. The summed E-state index contributed by atoms with van der Waals surface area (Å²) in [5.41, 5.74) is 0.551. The van der Waals surface area contributed by atoms with E-state index in [9.17, 15) is 4.79 Å². The summed E-state index contributed by atoms with van der Waals surface area (Å²) in [5.74, 6) is 1.03. The summed E-state index contributed by atoms with van der Waals surface area (Å²) in [6.07, 6.45) is 4.37. The Kier molecular flexibility index (Phi) is 5.36. The molecule has 0 unspecified atom stereocenters. The zero-order chi connectivity index (χ0) is 16.8. The van der Waals surface area contributed by atoms with Gasteiger partial charge >= 0.3 is 0 Å². The van der Waals surface area contributed by atoms with Crippen LogP contribution in [0.15, 0.2) is 29.9 Å². The highest BCUT2D eigenvalue weighted by Gasteiger charge is 2.24. The van der Waals surface area contributed by atoms with E-state index < -0.39 is 0 Å². The monoisotopic (exact) mass is 342 g/mol. The first-order valence-corrected chi connectivity index (χ1v) is 8.63. The van der Waals surface area contributed by atoms with Gasteiger partial charge in [0.2, 0.25) is 5.91 Å². The van der Waals surface area contributed by atoms with Crippen LogP contribution in [0.3, 0.4) is 0 Å². The van der Waals surface area contributed by atoms with E-state index >= 15 is 0 Å². The topological polar surface area (TPSA) is 93.9 Å². The first kappa shape index (κ1) is 16.4. The van der Waals surface area contributed by atoms with Gasteiger partial charge in [-0.3, -0.25) is 9.69 Å². The summed E-state index contributed by atoms with van der Waals surface area (Å²) < 4.78 is 0. The van der Waals surface area contributed by atoms with Gasteiger partial charge in [0.1, 0.15) is 11.9 Å². The molecule has 24 heavy (non-hydrogen) atoms. The molecule has 1 saturated heterocycles. The number of hydrogen-bond donors (Lipinski definition) is 2. The summed E-state index contributed by atoms with van der Waals surface area (Å²) >= 11 is 1.41. The van der Waals surface area contributed by atoms with Crippen LogP contribution in [0.1, 0.15) is 12.0 Å². The smallest absolute Gasteiger partial charge is 0.240 e. The Balaban J connectivity index is 1.44. The minimum Gasteiger partial charge on any atom is -0.369 e. The van der Waals surface area contributed by atoms with E-state index in [2.05, 4.69) is 31.6 Å². The van der Waals surface area contributed by atoms with Crippen molar-refractivity contribution in [3.8, 4) is 6.07 Å². The second kappa shape index (κ2) is 7.86. The number of likely N-dealkylation sites (tertiary alicyclic amines) is 1. The molecular formula is C16H18N6OS. The second-order valence-electron chi connectivity index (χ2n) is 5.67. The van der Waals surface area contributed by atoms with E-state index in [1.165, 1.54) is 11.3 Å². The fourth-order valence-corrected chi connectivity index (χ4v) is 3.29. The van der Waals surface area contributed by atoms with Crippen molar-refractivity contribution >= 4 is 28.2 Å². The lowest BCUT2D eigenvalue weighted by molar-refractivity contribution is -0.117. The molecule has 8 heteroatoms. The average molecular weight is 342 g/mol. The lowest BCUT2D eigenvalue weighted by atomic mass is 10.1. The third kappa shape index (κ3) is 4.28. The van der Waals surface area contributed by atoms with Crippen molar-refractivity contribution < 1.29 is 4.79 Å². The highest BCUT2D eigenvalue weighted by molar-refractivity contribution is 7.13. The molecular weight excluding hydrogens is 324 g/mol. The Morgan fingerprint density at radius 2 is 2.38 bits per heavy atom. The Morgan fingerprint density at radius 1 is 1.46 bits per heavy atom. The van der Waals surface area contributed by atoms with Crippen molar-refractivity contribution in [2.45, 2.75) is 6.42 Å². The number of thiazole rings is 1. The molecule has 0 aliphatic carbocycles. The van der Waals surface area contributed by atoms with E-state index in [-0.39, 0.29) is 5.91 Å². The number of hydrogen-bond acceptors (Lipinski definition) is 7. The van der Waals surface area contributed by atoms with Gasteiger partial charge in [-0.1, -0.05) is 0 Å². The molecule has 1 aliphatic rings. The van der Waals surface area contributed by atoms with Crippen molar-refractivity contribution in [3.05, 3.63) is 35.5 Å². The van der Waals surface area contributed by atoms with Crippen molar-refractivity contribution in [2.75, 3.05) is 36.8 Å². The normalized spacial score (nSPS) is 17.4. The van der Waals surface area contributed by atoms with E-state index in [1.807, 2.05) is 5.38 Å². The first-order valence-electron chi connectivity index (χ1n) is 7.75. The standard InChI is InChI=1S/C16H18N6OS/c17-8-13-2-1-4-18-15(13)20-9-12-3-6-22(10-12)11-14(23)21-16-19-5-7-24-16/h1-2,4-5,7,12H,3,6,9-11H2,(H,18,20)(H,19,21,23)/t12-/m0/s1. The molecule has 1 fully saturated rings. The van der Waals surface area contributed by atoms with Gasteiger partial charge < -0.3 is 10.6 Å². The number of nitrogens with one attached hydrogen (secondary N) is 2. The summed E-state index contributed by atoms with van der Waals surface area (Å²) in [6.45, 7) is 2.87. The molecule has 1 aliphatic heterocycles. The largest absolute Gasteiger partial charge is 0.369 e. The van der Waals surface area contributed by atoms with Crippen molar-refractivity contribution in [3.63, 3.8) is 0 Å². The zero-order valence-electron chi connectivity index (χ0n) is 13.1. The van der Waals surface area contributed by atoms with Crippen LogP contribution < -0.4 is 10.6 Å². The number of pyridine rings is 1. The molecule has 1 atom stereocenters. The van der Waals surface area contributed by atoms with Crippen molar-refractivity contribution in [2.24, 2.45) is 5.92 Å². The van der Waals surface area contributed by atoms with E-state index in [0.717, 1.165) is 26.1 Å². The van der Waals surface area contributed by atoms with Crippen LogP contribution >= 0.6 is 11.3 Å². The molecule has 0 saturated carbocycles. The number of rotatable bonds is 6. The number of aromatic nitrogens is 2. The maximum Gasteiger partial charge on any atom is 0.240 e. The quantitative estimate of drug-likeness (QED) is 0.831. The number of anilines is 2. The maximum atomic E-state index is 12.0. The van der Waals surface area contributed by atoms with Crippen molar-refractivity contribution in [1.29, 1.82) is 5.26 Å². The predicted octanol–water partition coefficient (Wildman–Crippen LogP) is 1.78. The lowest BCUT2D eigenvalue weighted by Gasteiger charge is -2.16. The summed E-state index contributed by atoms with van der Waals surface area (Å²) in [6, 6.07) is 5.63. The SMILES string of the molecule is N#Cc1cccnc1NC[C@@H]1CCN(CC(=O)Nc2nccs2)C1. The van der Waals surface area contributed by atoms with Crippen LogP contribution in [-0.4, -0.2) is 47.0 Å². The molecule has 2 aromatic heterocycles. The number of nitrogens with zero attached hydrogens (tertiary/aromatic N) is 4. The van der Waals surface area contributed by atoms with Crippen LogP contribution in [0.25, 0.3) is 0 Å². The Labute approximate surface area is 144 Å². The minimum atomic E-state index is -0.0324. The third-order valence-electron chi connectivity index (χ3n) is 3.90. The Bertz CT molecular complexity index is 726. The molecule has 0 spiro atoms. The molecule has 0 radical (unpaired) electrons. The van der Waals surface area contributed by atoms with Crippen molar-refractivity contribution in [1.82, 2.24) is 14.9 Å². The van der Waals surface area contributed by atoms with Gasteiger partial charge in [-0.25, -0.2) is 9.97 Å². The van der Waals surface area contributed by atoms with Crippen LogP contribution in [0.4, 0.5) is 10.9 Å². The second-order valence-corrected chi connectivity index (χ2v) is 6.56. The zero-order valence-corrected chi connectivity index (χ0v) is 13.9. The summed E-state index contributed by atoms with van der Waals surface area (Å²) in [7, 11) is 0. The fraction of sp³-hybridized carbons (Fsp3) is 0.375. The molecule has 1 amide bonds. The number of amides is 1. The predicted molar refractivity (Wildman–Crippen MR) is 92.7 cm³/mol. The lowest BCUT2D eigenvalue weighted by Crippen LogP contribution is -2.32. The minimum absolute atomic E-state index is 0.0324. The van der Waals surface area contributed by atoms with Gasteiger partial charge in [0, 0.05) is 30.9 Å². The van der Waals surface area contributed by atoms with Crippen LogP contribution in [0, 0.1) is 17.2 Å². The number of nitriles is 1. The molecule has 0 bridgehead atoms. The first-order chi connectivity index (χ1) is 11.7. The molecule has 2 N–H and O–H groups in total. The molecule has 7 nitrogen and oxygen atoms in total.